The van der Waals surface area contributed by atoms with Gasteiger partial charge in [-0.05, 0) is 47.4 Å². The van der Waals surface area contributed by atoms with E-state index in [1.165, 1.54) is 0 Å². The van der Waals surface area contributed by atoms with Crippen LogP contribution in [0.1, 0.15) is 48.7 Å². The number of nitrogens with zero attached hydrogens (tertiary/aromatic N) is 1. The minimum absolute atomic E-state index is 0.0208. The second-order valence-corrected chi connectivity index (χ2v) is 7.50. The van der Waals surface area contributed by atoms with Crippen LogP contribution in [0, 0.1) is 0 Å². The highest BCUT2D eigenvalue weighted by molar-refractivity contribution is 5.97. The van der Waals surface area contributed by atoms with Crippen LogP contribution >= 0.6 is 0 Å². The standard InChI is InChI=1S/C22H27N3O4/c1-22(2,3)17-9-5-16(6-10-17)21(27)24-14-13-19(26)29-25-20(23)15-7-11-18(28-4)12-8-15/h5-12H,13-14H2,1-4H3,(H2,23,25)(H,24,27). The number of nitrogens with two attached hydrogens (primary N) is 1. The van der Waals surface area contributed by atoms with Crippen molar-refractivity contribution in [3.05, 3.63) is 65.2 Å². The summed E-state index contributed by atoms with van der Waals surface area (Å²) in [6, 6.07) is 14.3. The lowest BCUT2D eigenvalue weighted by Gasteiger charge is -2.19. The van der Waals surface area contributed by atoms with E-state index in [0.717, 1.165) is 5.56 Å². The van der Waals surface area contributed by atoms with Gasteiger partial charge in [0.25, 0.3) is 5.91 Å². The molecule has 29 heavy (non-hydrogen) atoms. The van der Waals surface area contributed by atoms with Gasteiger partial charge >= 0.3 is 5.97 Å². The van der Waals surface area contributed by atoms with Gasteiger partial charge < -0.3 is 20.6 Å². The summed E-state index contributed by atoms with van der Waals surface area (Å²) < 4.78 is 5.06. The molecule has 0 radical (unpaired) electrons. The number of hydrogen-bond donors (Lipinski definition) is 2. The first kappa shape index (κ1) is 21.9. The molecule has 2 aromatic carbocycles. The van der Waals surface area contributed by atoms with Gasteiger partial charge in [0.15, 0.2) is 5.84 Å². The normalized spacial score (nSPS) is 11.7. The maximum absolute atomic E-state index is 12.2. The van der Waals surface area contributed by atoms with Crippen molar-refractivity contribution in [2.24, 2.45) is 10.9 Å². The molecule has 0 aliphatic rings. The van der Waals surface area contributed by atoms with Gasteiger partial charge in [-0.2, -0.15) is 0 Å². The first-order valence-corrected chi connectivity index (χ1v) is 9.27. The first-order valence-electron chi connectivity index (χ1n) is 9.27. The van der Waals surface area contributed by atoms with Gasteiger partial charge in [-0.3, -0.25) is 4.79 Å². The third kappa shape index (κ3) is 6.64. The number of oxime groups is 1. The highest BCUT2D eigenvalue weighted by Crippen LogP contribution is 2.22. The van der Waals surface area contributed by atoms with Crippen LogP contribution in [0.4, 0.5) is 0 Å². The molecule has 0 saturated heterocycles. The van der Waals surface area contributed by atoms with Crippen LogP contribution < -0.4 is 15.8 Å². The number of carbonyl (C=O) groups is 2. The van der Waals surface area contributed by atoms with Crippen molar-refractivity contribution in [2.75, 3.05) is 13.7 Å². The Balaban J connectivity index is 1.79. The van der Waals surface area contributed by atoms with E-state index < -0.39 is 5.97 Å². The number of benzene rings is 2. The highest BCUT2D eigenvalue weighted by atomic mass is 16.7. The number of rotatable bonds is 7. The summed E-state index contributed by atoms with van der Waals surface area (Å²) >= 11 is 0. The molecule has 0 atom stereocenters. The van der Waals surface area contributed by atoms with Gasteiger partial charge in [-0.25, -0.2) is 4.79 Å². The van der Waals surface area contributed by atoms with Gasteiger partial charge in [0, 0.05) is 17.7 Å². The zero-order valence-corrected chi connectivity index (χ0v) is 17.2. The van der Waals surface area contributed by atoms with Crippen molar-refractivity contribution >= 4 is 17.7 Å². The Morgan fingerprint density at radius 3 is 2.14 bits per heavy atom. The third-order valence-electron chi connectivity index (χ3n) is 4.26. The number of amides is 1. The Kier molecular flexibility index (Phi) is 7.36. The monoisotopic (exact) mass is 397 g/mol. The van der Waals surface area contributed by atoms with Gasteiger partial charge in [0.1, 0.15) is 5.75 Å². The van der Waals surface area contributed by atoms with E-state index >= 15 is 0 Å². The van der Waals surface area contributed by atoms with Crippen molar-refractivity contribution in [1.29, 1.82) is 0 Å². The number of carbonyl (C=O) groups excluding carboxylic acids is 2. The molecular weight excluding hydrogens is 370 g/mol. The Bertz CT molecular complexity index is 866. The largest absolute Gasteiger partial charge is 0.497 e. The smallest absolute Gasteiger partial charge is 0.336 e. The average molecular weight is 397 g/mol. The van der Waals surface area contributed by atoms with Crippen molar-refractivity contribution in [1.82, 2.24) is 5.32 Å². The molecule has 154 valence electrons. The van der Waals surface area contributed by atoms with Crippen molar-refractivity contribution in [2.45, 2.75) is 32.6 Å². The van der Waals surface area contributed by atoms with E-state index in [-0.39, 0.29) is 30.1 Å². The lowest BCUT2D eigenvalue weighted by molar-refractivity contribution is -0.143. The molecule has 3 N–H and O–H groups in total. The summed E-state index contributed by atoms with van der Waals surface area (Å²) in [5, 5.41) is 6.32. The molecule has 2 aromatic rings. The number of nitrogens with one attached hydrogen (secondary N) is 1. The molecule has 0 bridgehead atoms. The van der Waals surface area contributed by atoms with Gasteiger partial charge in [-0.15, -0.1) is 0 Å². The topological polar surface area (TPSA) is 103 Å². The maximum Gasteiger partial charge on any atom is 0.336 e. The molecule has 0 fully saturated rings. The van der Waals surface area contributed by atoms with Crippen molar-refractivity contribution in [3.8, 4) is 5.75 Å². The second-order valence-electron chi connectivity index (χ2n) is 7.50. The van der Waals surface area contributed by atoms with Crippen LogP contribution in [-0.4, -0.2) is 31.4 Å². The van der Waals surface area contributed by atoms with Crippen molar-refractivity contribution in [3.63, 3.8) is 0 Å². The average Bonchev–Trinajstić information content (AvgIpc) is 2.71. The molecule has 7 heteroatoms. The Morgan fingerprint density at radius 2 is 1.59 bits per heavy atom. The summed E-state index contributed by atoms with van der Waals surface area (Å²) in [5.74, 6) is -0.0874. The molecule has 1 amide bonds. The minimum atomic E-state index is -0.593. The van der Waals surface area contributed by atoms with Crippen LogP contribution in [0.25, 0.3) is 0 Å². The van der Waals surface area contributed by atoms with Crippen LogP contribution in [0.15, 0.2) is 53.7 Å². The summed E-state index contributed by atoms with van der Waals surface area (Å²) in [6.07, 6.45) is -0.0226. The maximum atomic E-state index is 12.2. The number of methoxy groups -OCH3 is 1. The van der Waals surface area contributed by atoms with E-state index in [4.69, 9.17) is 15.3 Å². The van der Waals surface area contributed by atoms with E-state index in [1.54, 1.807) is 43.5 Å². The van der Waals surface area contributed by atoms with Crippen LogP contribution in [-0.2, 0) is 15.0 Å². The second kappa shape index (κ2) is 9.73. The molecule has 0 heterocycles. The highest BCUT2D eigenvalue weighted by Gasteiger charge is 2.14. The predicted octanol–water partition coefficient (Wildman–Crippen LogP) is 2.98. The molecule has 0 aliphatic carbocycles. The quantitative estimate of drug-likeness (QED) is 0.324. The number of hydrogen-bond acceptors (Lipinski definition) is 5. The Morgan fingerprint density at radius 1 is 1.00 bits per heavy atom. The summed E-state index contributed by atoms with van der Waals surface area (Å²) in [6.45, 7) is 6.46. The van der Waals surface area contributed by atoms with Crippen LogP contribution in [0.2, 0.25) is 0 Å². The lowest BCUT2D eigenvalue weighted by Crippen LogP contribution is -2.26. The zero-order chi connectivity index (χ0) is 21.4. The molecule has 0 aromatic heterocycles. The summed E-state index contributed by atoms with van der Waals surface area (Å²) in [5.41, 5.74) is 8.09. The summed E-state index contributed by atoms with van der Waals surface area (Å²) in [4.78, 5) is 28.8. The zero-order valence-electron chi connectivity index (χ0n) is 17.2. The molecule has 0 aliphatic heterocycles. The molecule has 0 saturated carbocycles. The molecule has 7 nitrogen and oxygen atoms in total. The van der Waals surface area contributed by atoms with E-state index in [2.05, 4.69) is 31.2 Å². The molecule has 0 spiro atoms. The van der Waals surface area contributed by atoms with Gasteiger partial charge in [-0.1, -0.05) is 38.1 Å². The first-order chi connectivity index (χ1) is 13.7. The van der Waals surface area contributed by atoms with E-state index in [1.807, 2.05) is 12.1 Å². The fourth-order valence-corrected chi connectivity index (χ4v) is 2.46. The number of amidine groups is 1. The van der Waals surface area contributed by atoms with Crippen LogP contribution in [0.3, 0.4) is 0 Å². The van der Waals surface area contributed by atoms with E-state index in [0.29, 0.717) is 16.9 Å². The van der Waals surface area contributed by atoms with E-state index in [9.17, 15) is 9.59 Å². The number of ether oxygens (including phenoxy) is 1. The fourth-order valence-electron chi connectivity index (χ4n) is 2.46. The molecule has 2 rings (SSSR count). The van der Waals surface area contributed by atoms with Gasteiger partial charge in [0.05, 0.1) is 13.5 Å². The minimum Gasteiger partial charge on any atom is -0.497 e. The fraction of sp³-hybridized carbons (Fsp3) is 0.318. The molecular formula is C22H27N3O4. The van der Waals surface area contributed by atoms with Crippen LogP contribution in [0.5, 0.6) is 5.75 Å². The predicted molar refractivity (Wildman–Crippen MR) is 112 cm³/mol. The SMILES string of the molecule is COc1ccc(/C(N)=N/OC(=O)CCNC(=O)c2ccc(C(C)(C)C)cc2)cc1. The van der Waals surface area contributed by atoms with Gasteiger partial charge in [0.2, 0.25) is 0 Å². The van der Waals surface area contributed by atoms with Crippen molar-refractivity contribution < 1.29 is 19.2 Å². The molecule has 0 unspecified atom stereocenters. The summed E-state index contributed by atoms with van der Waals surface area (Å²) in [7, 11) is 1.56. The Hall–Kier alpha value is -3.35. The Labute approximate surface area is 170 Å². The lowest BCUT2D eigenvalue weighted by atomic mass is 9.87. The third-order valence-corrected chi connectivity index (χ3v) is 4.26.